The van der Waals surface area contributed by atoms with Gasteiger partial charge in [-0.3, -0.25) is 14.5 Å². The molecule has 0 spiro atoms. The maximum Gasteiger partial charge on any atom is 0.247 e. The lowest BCUT2D eigenvalue weighted by atomic mass is 10.0. The fraction of sp³-hybridized carbons (Fsp3) is 0.150. The van der Waals surface area contributed by atoms with E-state index in [-0.39, 0.29) is 11.9 Å². The van der Waals surface area contributed by atoms with Gasteiger partial charge in [-0.25, -0.2) is 0 Å². The maximum absolute atomic E-state index is 12.7. The van der Waals surface area contributed by atoms with Gasteiger partial charge >= 0.3 is 0 Å². The maximum atomic E-state index is 12.7. The van der Waals surface area contributed by atoms with Gasteiger partial charge in [0.1, 0.15) is 0 Å². The van der Waals surface area contributed by atoms with Crippen LogP contribution in [0.15, 0.2) is 73.2 Å². The summed E-state index contributed by atoms with van der Waals surface area (Å²) in [7, 11) is 3.64. The molecule has 0 aliphatic heterocycles. The third kappa shape index (κ3) is 4.01. The van der Waals surface area contributed by atoms with Crippen LogP contribution in [-0.4, -0.2) is 32.6 Å². The Balaban J connectivity index is 1.87. The number of amides is 1. The highest BCUT2D eigenvalue weighted by atomic mass is 16.2. The molecule has 2 aromatic heterocycles. The molecule has 0 unspecified atom stereocenters. The second-order valence-corrected chi connectivity index (χ2v) is 5.80. The molecule has 5 nitrogen and oxygen atoms in total. The number of carbonyl (C=O) groups excluding carboxylic acids is 1. The zero-order valence-corrected chi connectivity index (χ0v) is 14.3. The SMILES string of the molecule is CN(C(=O)/C=C\c1cnn(C)c1)[C@@H](c1ccccc1)c1ccccn1. The lowest BCUT2D eigenvalue weighted by molar-refractivity contribution is -0.126. The third-order valence-electron chi connectivity index (χ3n) is 3.96. The Labute approximate surface area is 147 Å². The van der Waals surface area contributed by atoms with E-state index in [2.05, 4.69) is 10.1 Å². The quantitative estimate of drug-likeness (QED) is 0.675. The summed E-state index contributed by atoms with van der Waals surface area (Å²) in [5.74, 6) is -0.0941. The van der Waals surface area contributed by atoms with Gasteiger partial charge in [0.2, 0.25) is 5.91 Å². The molecule has 0 saturated carbocycles. The summed E-state index contributed by atoms with van der Waals surface area (Å²) in [6, 6.07) is 15.4. The van der Waals surface area contributed by atoms with E-state index in [0.717, 1.165) is 16.8 Å². The van der Waals surface area contributed by atoms with E-state index < -0.39 is 0 Å². The van der Waals surface area contributed by atoms with Gasteiger partial charge in [0, 0.05) is 38.1 Å². The molecule has 1 amide bonds. The number of nitrogens with zero attached hydrogens (tertiary/aromatic N) is 4. The van der Waals surface area contributed by atoms with Crippen molar-refractivity contribution in [2.24, 2.45) is 7.05 Å². The summed E-state index contributed by atoms with van der Waals surface area (Å²) in [5, 5.41) is 4.10. The Morgan fingerprint density at radius 1 is 1.16 bits per heavy atom. The molecule has 1 atom stereocenters. The largest absolute Gasteiger partial charge is 0.329 e. The fourth-order valence-electron chi connectivity index (χ4n) is 2.70. The van der Waals surface area contributed by atoms with Crippen LogP contribution < -0.4 is 0 Å². The van der Waals surface area contributed by atoms with E-state index in [9.17, 15) is 4.79 Å². The molecule has 2 heterocycles. The van der Waals surface area contributed by atoms with E-state index in [1.165, 1.54) is 0 Å². The van der Waals surface area contributed by atoms with E-state index in [0.29, 0.717) is 0 Å². The van der Waals surface area contributed by atoms with Gasteiger partial charge in [-0.15, -0.1) is 0 Å². The van der Waals surface area contributed by atoms with Crippen molar-refractivity contribution in [1.82, 2.24) is 19.7 Å². The van der Waals surface area contributed by atoms with Crippen molar-refractivity contribution in [3.05, 3.63) is 90.0 Å². The molecule has 1 aromatic carbocycles. The van der Waals surface area contributed by atoms with E-state index >= 15 is 0 Å². The Kier molecular flexibility index (Phi) is 5.04. The lowest BCUT2D eigenvalue weighted by Crippen LogP contribution is -2.31. The van der Waals surface area contributed by atoms with Gasteiger partial charge < -0.3 is 4.90 Å². The van der Waals surface area contributed by atoms with Crippen LogP contribution in [0.3, 0.4) is 0 Å². The monoisotopic (exact) mass is 332 g/mol. The highest BCUT2D eigenvalue weighted by Crippen LogP contribution is 2.26. The molecule has 0 aliphatic rings. The highest BCUT2D eigenvalue weighted by molar-refractivity contribution is 5.92. The van der Waals surface area contributed by atoms with E-state index in [1.54, 1.807) is 41.2 Å². The summed E-state index contributed by atoms with van der Waals surface area (Å²) >= 11 is 0. The molecule has 25 heavy (non-hydrogen) atoms. The second kappa shape index (κ2) is 7.57. The standard InChI is InChI=1S/C20H20N4O/c1-23-15-16(14-22-23)11-12-19(25)24(2)20(17-8-4-3-5-9-17)18-10-6-7-13-21-18/h3-15,20H,1-2H3/b12-11-/t20-/m0/s1. The minimum Gasteiger partial charge on any atom is -0.329 e. The van der Waals surface area contributed by atoms with Gasteiger partial charge in [-0.05, 0) is 23.8 Å². The van der Waals surface area contributed by atoms with Gasteiger partial charge in [0.25, 0.3) is 0 Å². The number of hydrogen-bond acceptors (Lipinski definition) is 3. The average molecular weight is 332 g/mol. The van der Waals surface area contributed by atoms with Crippen LogP contribution >= 0.6 is 0 Å². The van der Waals surface area contributed by atoms with Crippen LogP contribution in [-0.2, 0) is 11.8 Å². The molecule has 0 aliphatic carbocycles. The van der Waals surface area contributed by atoms with Crippen molar-refractivity contribution in [1.29, 1.82) is 0 Å². The number of rotatable bonds is 5. The minimum absolute atomic E-state index is 0.0941. The van der Waals surface area contributed by atoms with Crippen molar-refractivity contribution in [2.45, 2.75) is 6.04 Å². The summed E-state index contributed by atoms with van der Waals surface area (Å²) in [6.07, 6.45) is 8.66. The summed E-state index contributed by atoms with van der Waals surface area (Å²) in [6.45, 7) is 0. The highest BCUT2D eigenvalue weighted by Gasteiger charge is 2.23. The average Bonchev–Trinajstić information content (AvgIpc) is 3.07. The van der Waals surface area contributed by atoms with E-state index in [4.69, 9.17) is 0 Å². The van der Waals surface area contributed by atoms with Crippen LogP contribution in [0.1, 0.15) is 22.9 Å². The minimum atomic E-state index is -0.242. The van der Waals surface area contributed by atoms with Gasteiger partial charge in [-0.2, -0.15) is 5.10 Å². The summed E-state index contributed by atoms with van der Waals surface area (Å²) < 4.78 is 1.70. The normalized spacial score (nSPS) is 12.2. The zero-order chi connectivity index (χ0) is 17.6. The van der Waals surface area contributed by atoms with Crippen molar-refractivity contribution >= 4 is 12.0 Å². The van der Waals surface area contributed by atoms with Gasteiger partial charge in [0.15, 0.2) is 0 Å². The third-order valence-corrected chi connectivity index (χ3v) is 3.96. The smallest absolute Gasteiger partial charge is 0.247 e. The van der Waals surface area contributed by atoms with Crippen LogP contribution in [0.5, 0.6) is 0 Å². The van der Waals surface area contributed by atoms with Gasteiger partial charge in [-0.1, -0.05) is 36.4 Å². The number of pyridine rings is 1. The molecule has 3 aromatic rings. The molecule has 3 rings (SSSR count). The second-order valence-electron chi connectivity index (χ2n) is 5.80. The number of likely N-dealkylation sites (N-methyl/N-ethyl adjacent to an activating group) is 1. The Morgan fingerprint density at radius 2 is 1.92 bits per heavy atom. The number of hydrogen-bond donors (Lipinski definition) is 0. The van der Waals surface area contributed by atoms with E-state index in [1.807, 2.05) is 61.8 Å². The fourth-order valence-corrected chi connectivity index (χ4v) is 2.70. The first-order chi connectivity index (χ1) is 12.1. The number of carbonyl (C=O) groups is 1. The molecule has 0 N–H and O–H groups in total. The van der Waals surface area contributed by atoms with Crippen molar-refractivity contribution in [2.75, 3.05) is 7.05 Å². The van der Waals surface area contributed by atoms with Crippen molar-refractivity contribution in [3.63, 3.8) is 0 Å². The van der Waals surface area contributed by atoms with Crippen molar-refractivity contribution < 1.29 is 4.79 Å². The number of benzene rings is 1. The van der Waals surface area contributed by atoms with Crippen LogP contribution in [0.4, 0.5) is 0 Å². The molecule has 5 heteroatoms. The van der Waals surface area contributed by atoms with Crippen molar-refractivity contribution in [3.8, 4) is 0 Å². The van der Waals surface area contributed by atoms with Crippen LogP contribution in [0.2, 0.25) is 0 Å². The van der Waals surface area contributed by atoms with Crippen LogP contribution in [0.25, 0.3) is 6.08 Å². The Hall–Kier alpha value is -3.21. The summed E-state index contributed by atoms with van der Waals surface area (Å²) in [5.41, 5.74) is 2.74. The first kappa shape index (κ1) is 16.6. The predicted molar refractivity (Wildman–Crippen MR) is 97.5 cm³/mol. The first-order valence-electron chi connectivity index (χ1n) is 8.04. The topological polar surface area (TPSA) is 51.0 Å². The first-order valence-corrected chi connectivity index (χ1v) is 8.04. The molecular formula is C20H20N4O. The molecule has 0 saturated heterocycles. The molecule has 0 bridgehead atoms. The summed E-state index contributed by atoms with van der Waals surface area (Å²) in [4.78, 5) is 18.8. The van der Waals surface area contributed by atoms with Crippen LogP contribution in [0, 0.1) is 0 Å². The number of aromatic nitrogens is 3. The Bertz CT molecular complexity index is 816. The predicted octanol–water partition coefficient (Wildman–Crippen LogP) is 3.08. The molecule has 0 fully saturated rings. The molecule has 0 radical (unpaired) electrons. The number of aryl methyl sites for hydroxylation is 1. The molecule has 126 valence electrons. The lowest BCUT2D eigenvalue weighted by Gasteiger charge is -2.27. The molecular weight excluding hydrogens is 312 g/mol. The zero-order valence-electron chi connectivity index (χ0n) is 14.3. The Morgan fingerprint density at radius 3 is 2.56 bits per heavy atom. The van der Waals surface area contributed by atoms with Gasteiger partial charge in [0.05, 0.1) is 17.9 Å².